The van der Waals surface area contributed by atoms with E-state index in [9.17, 15) is 13.2 Å². The minimum atomic E-state index is -4.21. The third-order valence-corrected chi connectivity index (χ3v) is 3.74. The van der Waals surface area contributed by atoms with E-state index >= 15 is 0 Å². The molecule has 0 spiro atoms. The van der Waals surface area contributed by atoms with Gasteiger partial charge in [0.25, 0.3) is 0 Å². The van der Waals surface area contributed by atoms with Gasteiger partial charge < -0.3 is 14.6 Å². The summed E-state index contributed by atoms with van der Waals surface area (Å²) >= 11 is 0. The number of alkyl halides is 3. The molecule has 2 aromatic rings. The number of anilines is 1. The summed E-state index contributed by atoms with van der Waals surface area (Å²) in [5, 5.41) is 4.25. The van der Waals surface area contributed by atoms with Crippen molar-refractivity contribution in [3.63, 3.8) is 0 Å². The van der Waals surface area contributed by atoms with Gasteiger partial charge in [0.1, 0.15) is 6.54 Å². The van der Waals surface area contributed by atoms with E-state index in [1.807, 2.05) is 6.07 Å². The SMILES string of the molecule is FC(F)(F)Cn1ccc2c(NC3CCOCC3)cccc21. The smallest absolute Gasteiger partial charge is 0.382 e. The van der Waals surface area contributed by atoms with Gasteiger partial charge in [-0.25, -0.2) is 0 Å². The van der Waals surface area contributed by atoms with Crippen LogP contribution in [0.2, 0.25) is 0 Å². The second-order valence-corrected chi connectivity index (χ2v) is 5.33. The van der Waals surface area contributed by atoms with Crippen molar-refractivity contribution in [2.24, 2.45) is 0 Å². The molecule has 1 N–H and O–H groups in total. The molecule has 3 nitrogen and oxygen atoms in total. The Morgan fingerprint density at radius 2 is 1.95 bits per heavy atom. The summed E-state index contributed by atoms with van der Waals surface area (Å²) in [6.07, 6.45) is -0.886. The van der Waals surface area contributed by atoms with E-state index in [-0.39, 0.29) is 0 Å². The molecule has 0 saturated carbocycles. The van der Waals surface area contributed by atoms with Gasteiger partial charge in [-0.2, -0.15) is 13.2 Å². The summed E-state index contributed by atoms with van der Waals surface area (Å²) in [6.45, 7) is 0.489. The first kappa shape index (κ1) is 14.3. The summed E-state index contributed by atoms with van der Waals surface area (Å²) in [5.74, 6) is 0. The lowest BCUT2D eigenvalue weighted by Crippen LogP contribution is -2.27. The number of hydrogen-bond donors (Lipinski definition) is 1. The van der Waals surface area contributed by atoms with E-state index in [1.165, 1.54) is 10.8 Å². The predicted octanol–water partition coefficient (Wildman–Crippen LogP) is 3.79. The van der Waals surface area contributed by atoms with Crippen molar-refractivity contribution < 1.29 is 17.9 Å². The molecule has 21 heavy (non-hydrogen) atoms. The van der Waals surface area contributed by atoms with Gasteiger partial charge in [0, 0.05) is 36.5 Å². The molecule has 1 aliphatic heterocycles. The third kappa shape index (κ3) is 3.32. The van der Waals surface area contributed by atoms with Crippen molar-refractivity contribution in [3.8, 4) is 0 Å². The fourth-order valence-electron chi connectivity index (χ4n) is 2.74. The molecule has 0 radical (unpaired) electrons. The van der Waals surface area contributed by atoms with E-state index in [2.05, 4.69) is 5.32 Å². The van der Waals surface area contributed by atoms with E-state index in [0.29, 0.717) is 11.6 Å². The number of aromatic nitrogens is 1. The average molecular weight is 298 g/mol. The number of benzene rings is 1. The molecule has 0 unspecified atom stereocenters. The Hall–Kier alpha value is -1.69. The van der Waals surface area contributed by atoms with Gasteiger partial charge in [-0.15, -0.1) is 0 Å². The molecular formula is C15H17F3N2O. The lowest BCUT2D eigenvalue weighted by atomic mass is 10.1. The van der Waals surface area contributed by atoms with E-state index < -0.39 is 12.7 Å². The monoisotopic (exact) mass is 298 g/mol. The standard InChI is InChI=1S/C15H17F3N2O/c16-15(17,18)10-20-7-4-12-13(2-1-3-14(12)20)19-11-5-8-21-9-6-11/h1-4,7,11,19H,5-6,8-10H2. The van der Waals surface area contributed by atoms with Crippen LogP contribution in [-0.4, -0.2) is 30.0 Å². The largest absolute Gasteiger partial charge is 0.406 e. The summed E-state index contributed by atoms with van der Waals surface area (Å²) in [5.41, 5.74) is 1.49. The van der Waals surface area contributed by atoms with Crippen molar-refractivity contribution in [1.82, 2.24) is 4.57 Å². The maximum Gasteiger partial charge on any atom is 0.406 e. The van der Waals surface area contributed by atoms with Gasteiger partial charge in [-0.3, -0.25) is 0 Å². The molecule has 2 heterocycles. The van der Waals surface area contributed by atoms with Gasteiger partial charge in [-0.05, 0) is 31.0 Å². The lowest BCUT2D eigenvalue weighted by molar-refractivity contribution is -0.139. The molecule has 0 atom stereocenters. The molecule has 0 aliphatic carbocycles. The zero-order valence-corrected chi connectivity index (χ0v) is 11.5. The Balaban J connectivity index is 1.86. The lowest BCUT2D eigenvalue weighted by Gasteiger charge is -2.24. The first-order valence-corrected chi connectivity index (χ1v) is 7.02. The Bertz CT molecular complexity index is 615. The highest BCUT2D eigenvalue weighted by Gasteiger charge is 2.28. The first-order valence-electron chi connectivity index (χ1n) is 7.02. The molecule has 1 aliphatic rings. The van der Waals surface area contributed by atoms with Crippen LogP contribution in [0.15, 0.2) is 30.5 Å². The van der Waals surface area contributed by atoms with Gasteiger partial charge in [0.05, 0.1) is 5.52 Å². The van der Waals surface area contributed by atoms with Crippen LogP contribution in [0.25, 0.3) is 10.9 Å². The number of fused-ring (bicyclic) bond motifs is 1. The van der Waals surface area contributed by atoms with Crippen LogP contribution in [-0.2, 0) is 11.3 Å². The van der Waals surface area contributed by atoms with E-state index in [0.717, 1.165) is 37.1 Å². The first-order chi connectivity index (χ1) is 10.0. The molecule has 0 amide bonds. The van der Waals surface area contributed by atoms with E-state index in [1.54, 1.807) is 18.2 Å². The fraction of sp³-hybridized carbons (Fsp3) is 0.467. The van der Waals surface area contributed by atoms with Crippen molar-refractivity contribution in [3.05, 3.63) is 30.5 Å². The molecular weight excluding hydrogens is 281 g/mol. The summed E-state index contributed by atoms with van der Waals surface area (Å²) < 4.78 is 44.3. The van der Waals surface area contributed by atoms with Crippen LogP contribution >= 0.6 is 0 Å². The number of nitrogens with zero attached hydrogens (tertiary/aromatic N) is 1. The maximum atomic E-state index is 12.6. The molecule has 1 saturated heterocycles. The Labute approximate surface area is 120 Å². The number of nitrogens with one attached hydrogen (secondary N) is 1. The maximum absolute atomic E-state index is 12.6. The highest BCUT2D eigenvalue weighted by atomic mass is 19.4. The summed E-state index contributed by atoms with van der Waals surface area (Å²) in [6, 6.07) is 7.47. The van der Waals surface area contributed by atoms with Gasteiger partial charge in [0.15, 0.2) is 0 Å². The van der Waals surface area contributed by atoms with Crippen LogP contribution < -0.4 is 5.32 Å². The van der Waals surface area contributed by atoms with Gasteiger partial charge >= 0.3 is 6.18 Å². The normalized spacial score (nSPS) is 17.3. The molecule has 3 rings (SSSR count). The number of hydrogen-bond acceptors (Lipinski definition) is 2. The van der Waals surface area contributed by atoms with Crippen LogP contribution in [0, 0.1) is 0 Å². The molecule has 1 aromatic heterocycles. The van der Waals surface area contributed by atoms with Crippen LogP contribution in [0.3, 0.4) is 0 Å². The Kier molecular flexibility index (Phi) is 3.80. The topological polar surface area (TPSA) is 26.2 Å². The number of rotatable bonds is 3. The molecule has 0 bridgehead atoms. The second-order valence-electron chi connectivity index (χ2n) is 5.33. The fourth-order valence-corrected chi connectivity index (χ4v) is 2.74. The molecule has 6 heteroatoms. The van der Waals surface area contributed by atoms with Crippen LogP contribution in [0.1, 0.15) is 12.8 Å². The Morgan fingerprint density at radius 1 is 1.19 bits per heavy atom. The number of halogens is 3. The second kappa shape index (κ2) is 5.60. The summed E-state index contributed by atoms with van der Waals surface area (Å²) in [4.78, 5) is 0. The highest BCUT2D eigenvalue weighted by molar-refractivity contribution is 5.92. The van der Waals surface area contributed by atoms with Gasteiger partial charge in [-0.1, -0.05) is 6.07 Å². The minimum Gasteiger partial charge on any atom is -0.382 e. The van der Waals surface area contributed by atoms with Crippen molar-refractivity contribution in [1.29, 1.82) is 0 Å². The quantitative estimate of drug-likeness (QED) is 0.933. The highest BCUT2D eigenvalue weighted by Crippen LogP contribution is 2.28. The van der Waals surface area contributed by atoms with Crippen molar-refractivity contribution in [2.75, 3.05) is 18.5 Å². The van der Waals surface area contributed by atoms with E-state index in [4.69, 9.17) is 4.74 Å². The molecule has 1 aromatic carbocycles. The molecule has 114 valence electrons. The zero-order chi connectivity index (χ0) is 14.9. The minimum absolute atomic E-state index is 0.315. The number of ether oxygens (including phenoxy) is 1. The summed E-state index contributed by atoms with van der Waals surface area (Å²) in [7, 11) is 0. The van der Waals surface area contributed by atoms with Crippen molar-refractivity contribution >= 4 is 16.6 Å². The van der Waals surface area contributed by atoms with Crippen LogP contribution in [0.5, 0.6) is 0 Å². The average Bonchev–Trinajstić information content (AvgIpc) is 2.82. The van der Waals surface area contributed by atoms with Crippen molar-refractivity contribution in [2.45, 2.75) is 31.6 Å². The van der Waals surface area contributed by atoms with Gasteiger partial charge in [0.2, 0.25) is 0 Å². The molecule has 1 fully saturated rings. The predicted molar refractivity (Wildman–Crippen MR) is 75.5 cm³/mol. The Morgan fingerprint density at radius 3 is 2.67 bits per heavy atom. The van der Waals surface area contributed by atoms with Crippen LogP contribution in [0.4, 0.5) is 18.9 Å². The third-order valence-electron chi connectivity index (χ3n) is 3.74. The zero-order valence-electron chi connectivity index (χ0n) is 11.5.